The molecule has 1 N–H and O–H groups in total. The highest BCUT2D eigenvalue weighted by Crippen LogP contribution is 2.23. The number of rotatable bonds is 7. The molecule has 2 rings (SSSR count). The summed E-state index contributed by atoms with van der Waals surface area (Å²) in [5, 5.41) is 2.89. The van der Waals surface area contributed by atoms with Crippen molar-refractivity contribution >= 4 is 11.7 Å². The van der Waals surface area contributed by atoms with Gasteiger partial charge in [0.05, 0.1) is 12.8 Å². The number of benzene rings is 2. The molecule has 0 aromatic heterocycles. The fraction of sp³-hybridized carbons (Fsp3) is 0.316. The summed E-state index contributed by atoms with van der Waals surface area (Å²) in [6, 6.07) is 13.2. The molecule has 0 spiro atoms. The van der Waals surface area contributed by atoms with E-state index in [0.717, 1.165) is 12.1 Å². The minimum atomic E-state index is -0.290. The van der Waals surface area contributed by atoms with E-state index in [4.69, 9.17) is 4.74 Å². The highest BCUT2D eigenvalue weighted by molar-refractivity contribution is 5.91. The number of carbonyl (C=O) groups is 1. The Kier molecular flexibility index (Phi) is 6.77. The lowest BCUT2D eigenvalue weighted by atomic mass is 10.2. The minimum Gasteiger partial charge on any atom is -0.495 e. The van der Waals surface area contributed by atoms with Gasteiger partial charge in [-0.25, -0.2) is 9.18 Å². The van der Waals surface area contributed by atoms with E-state index in [0.29, 0.717) is 24.5 Å². The Morgan fingerprint density at radius 3 is 2.40 bits per heavy atom. The van der Waals surface area contributed by atoms with Crippen LogP contribution in [0.15, 0.2) is 48.5 Å². The van der Waals surface area contributed by atoms with Crippen molar-refractivity contribution in [3.63, 3.8) is 0 Å². The number of anilines is 1. The Hall–Kier alpha value is -2.60. The number of para-hydroxylation sites is 2. The molecule has 0 saturated carbocycles. The molecular formula is C19H24FN3O2. The number of amides is 2. The van der Waals surface area contributed by atoms with Crippen LogP contribution < -0.4 is 10.1 Å². The first kappa shape index (κ1) is 18.7. The topological polar surface area (TPSA) is 44.8 Å². The maximum atomic E-state index is 13.1. The number of likely N-dealkylation sites (N-methyl/N-ethyl adjacent to an activating group) is 1. The van der Waals surface area contributed by atoms with Crippen molar-refractivity contribution in [2.24, 2.45) is 0 Å². The number of ether oxygens (including phenoxy) is 1. The van der Waals surface area contributed by atoms with Crippen molar-refractivity contribution in [2.45, 2.75) is 6.54 Å². The maximum absolute atomic E-state index is 13.1. The molecule has 0 atom stereocenters. The molecule has 2 aromatic rings. The number of methoxy groups -OCH3 is 1. The Morgan fingerprint density at radius 2 is 1.76 bits per heavy atom. The lowest BCUT2D eigenvalue weighted by molar-refractivity contribution is 0.202. The summed E-state index contributed by atoms with van der Waals surface area (Å²) in [5.74, 6) is 0.312. The van der Waals surface area contributed by atoms with Crippen LogP contribution in [-0.4, -0.2) is 50.1 Å². The number of hydrogen-bond acceptors (Lipinski definition) is 3. The summed E-state index contributed by atoms with van der Waals surface area (Å²) < 4.78 is 18.4. The second kappa shape index (κ2) is 9.03. The Bertz CT molecular complexity index is 689. The molecular weight excluding hydrogens is 321 g/mol. The van der Waals surface area contributed by atoms with Gasteiger partial charge in [0.2, 0.25) is 0 Å². The molecule has 0 saturated heterocycles. The van der Waals surface area contributed by atoms with E-state index in [1.165, 1.54) is 12.1 Å². The van der Waals surface area contributed by atoms with E-state index in [9.17, 15) is 9.18 Å². The normalized spacial score (nSPS) is 10.6. The van der Waals surface area contributed by atoms with E-state index in [1.54, 1.807) is 36.3 Å². The average molecular weight is 345 g/mol. The smallest absolute Gasteiger partial charge is 0.322 e. The van der Waals surface area contributed by atoms with Gasteiger partial charge < -0.3 is 19.9 Å². The highest BCUT2D eigenvalue weighted by atomic mass is 19.1. The molecule has 0 unspecified atom stereocenters. The van der Waals surface area contributed by atoms with Gasteiger partial charge in [-0.05, 0) is 43.9 Å². The summed E-state index contributed by atoms with van der Waals surface area (Å²) in [7, 11) is 5.47. The van der Waals surface area contributed by atoms with Crippen molar-refractivity contribution in [2.75, 3.05) is 39.6 Å². The van der Waals surface area contributed by atoms with Crippen LogP contribution in [0.1, 0.15) is 5.56 Å². The third-order valence-electron chi connectivity index (χ3n) is 3.74. The van der Waals surface area contributed by atoms with Crippen LogP contribution in [-0.2, 0) is 6.54 Å². The molecule has 2 amide bonds. The predicted octanol–water partition coefficient (Wildman–Crippen LogP) is 3.43. The molecule has 0 heterocycles. The first-order valence-electron chi connectivity index (χ1n) is 8.07. The van der Waals surface area contributed by atoms with Crippen molar-refractivity contribution in [1.29, 1.82) is 0 Å². The standard InChI is InChI=1S/C19H24FN3O2/c1-22(2)12-13-23(14-15-8-10-16(20)11-9-15)19(24)21-17-6-4-5-7-18(17)25-3/h4-11H,12-14H2,1-3H3,(H,21,24). The zero-order chi connectivity index (χ0) is 18.2. The largest absolute Gasteiger partial charge is 0.495 e. The summed E-state index contributed by atoms with van der Waals surface area (Å²) in [5.41, 5.74) is 1.49. The first-order chi connectivity index (χ1) is 12.0. The molecule has 2 aromatic carbocycles. The minimum absolute atomic E-state index is 0.226. The van der Waals surface area contributed by atoms with Crippen LogP contribution >= 0.6 is 0 Å². The lowest BCUT2D eigenvalue weighted by Crippen LogP contribution is -2.39. The molecule has 0 aliphatic heterocycles. The molecule has 0 aliphatic carbocycles. The number of nitrogens with one attached hydrogen (secondary N) is 1. The molecule has 0 aliphatic rings. The quantitative estimate of drug-likeness (QED) is 0.836. The molecule has 0 radical (unpaired) electrons. The predicted molar refractivity (Wildman–Crippen MR) is 97.4 cm³/mol. The number of urea groups is 1. The van der Waals surface area contributed by atoms with Crippen LogP contribution in [0.2, 0.25) is 0 Å². The van der Waals surface area contributed by atoms with Crippen molar-refractivity contribution in [1.82, 2.24) is 9.80 Å². The van der Waals surface area contributed by atoms with Crippen molar-refractivity contribution in [3.05, 3.63) is 59.9 Å². The summed E-state index contributed by atoms with van der Waals surface area (Å²) in [4.78, 5) is 16.4. The van der Waals surface area contributed by atoms with Gasteiger partial charge in [-0.15, -0.1) is 0 Å². The fourth-order valence-electron chi connectivity index (χ4n) is 2.33. The average Bonchev–Trinajstić information content (AvgIpc) is 2.60. The van der Waals surface area contributed by atoms with Crippen LogP contribution in [0, 0.1) is 5.82 Å². The molecule has 25 heavy (non-hydrogen) atoms. The van der Waals surface area contributed by atoms with Crippen LogP contribution in [0.5, 0.6) is 5.75 Å². The van der Waals surface area contributed by atoms with Gasteiger partial charge in [-0.2, -0.15) is 0 Å². The van der Waals surface area contributed by atoms with Crippen LogP contribution in [0.3, 0.4) is 0 Å². The Balaban J connectivity index is 2.12. The van der Waals surface area contributed by atoms with Gasteiger partial charge >= 0.3 is 6.03 Å². The molecule has 0 fully saturated rings. The van der Waals surface area contributed by atoms with Crippen LogP contribution in [0.25, 0.3) is 0 Å². The third kappa shape index (κ3) is 5.76. The summed E-state index contributed by atoms with van der Waals surface area (Å²) >= 11 is 0. The van der Waals surface area contributed by atoms with E-state index in [1.807, 2.05) is 31.1 Å². The van der Waals surface area contributed by atoms with Crippen molar-refractivity contribution < 1.29 is 13.9 Å². The fourth-order valence-corrected chi connectivity index (χ4v) is 2.33. The first-order valence-corrected chi connectivity index (χ1v) is 8.07. The van der Waals surface area contributed by atoms with Crippen LogP contribution in [0.4, 0.5) is 14.9 Å². The second-order valence-electron chi connectivity index (χ2n) is 5.98. The third-order valence-corrected chi connectivity index (χ3v) is 3.74. The maximum Gasteiger partial charge on any atom is 0.322 e. The van der Waals surface area contributed by atoms with Crippen molar-refractivity contribution in [3.8, 4) is 5.75 Å². The molecule has 5 nitrogen and oxygen atoms in total. The number of nitrogens with zero attached hydrogens (tertiary/aromatic N) is 2. The van der Waals surface area contributed by atoms with Gasteiger partial charge in [0.1, 0.15) is 11.6 Å². The molecule has 6 heteroatoms. The van der Waals surface area contributed by atoms with E-state index in [2.05, 4.69) is 5.32 Å². The number of hydrogen-bond donors (Lipinski definition) is 1. The van der Waals surface area contributed by atoms with E-state index >= 15 is 0 Å². The van der Waals surface area contributed by atoms with Gasteiger partial charge in [-0.1, -0.05) is 24.3 Å². The zero-order valence-electron chi connectivity index (χ0n) is 14.8. The van der Waals surface area contributed by atoms with Gasteiger partial charge in [0, 0.05) is 19.6 Å². The number of halogens is 1. The van der Waals surface area contributed by atoms with Gasteiger partial charge in [0.25, 0.3) is 0 Å². The number of carbonyl (C=O) groups excluding carboxylic acids is 1. The monoisotopic (exact) mass is 345 g/mol. The zero-order valence-corrected chi connectivity index (χ0v) is 14.8. The Labute approximate surface area is 148 Å². The Morgan fingerprint density at radius 1 is 1.08 bits per heavy atom. The SMILES string of the molecule is COc1ccccc1NC(=O)N(CCN(C)C)Cc1ccc(F)cc1. The molecule has 0 bridgehead atoms. The van der Waals surface area contributed by atoms with Gasteiger partial charge in [-0.3, -0.25) is 0 Å². The summed E-state index contributed by atoms with van der Waals surface area (Å²) in [6.07, 6.45) is 0. The van der Waals surface area contributed by atoms with E-state index in [-0.39, 0.29) is 11.8 Å². The lowest BCUT2D eigenvalue weighted by Gasteiger charge is -2.25. The molecule has 134 valence electrons. The van der Waals surface area contributed by atoms with Gasteiger partial charge in [0.15, 0.2) is 0 Å². The van der Waals surface area contributed by atoms with E-state index < -0.39 is 0 Å². The highest BCUT2D eigenvalue weighted by Gasteiger charge is 2.16. The summed E-state index contributed by atoms with van der Waals surface area (Å²) in [6.45, 7) is 1.67. The second-order valence-corrected chi connectivity index (χ2v) is 5.98.